The van der Waals surface area contributed by atoms with Crippen LogP contribution in [0.25, 0.3) is 0 Å². The third-order valence-electron chi connectivity index (χ3n) is 2.47. The van der Waals surface area contributed by atoms with Crippen molar-refractivity contribution in [2.24, 2.45) is 0 Å². The number of anilines is 1. The predicted molar refractivity (Wildman–Crippen MR) is 81.4 cm³/mol. The van der Waals surface area contributed by atoms with Crippen LogP contribution < -0.4 is 10.5 Å². The first-order chi connectivity index (χ1) is 9.10. The highest BCUT2D eigenvalue weighted by Crippen LogP contribution is 2.28. The summed E-state index contributed by atoms with van der Waals surface area (Å²) in [4.78, 5) is 11.4. The van der Waals surface area contributed by atoms with Gasteiger partial charge in [-0.25, -0.2) is 4.79 Å². The van der Waals surface area contributed by atoms with Crippen LogP contribution in [-0.4, -0.2) is 13.1 Å². The van der Waals surface area contributed by atoms with Crippen LogP contribution in [0.5, 0.6) is 11.5 Å². The summed E-state index contributed by atoms with van der Waals surface area (Å²) < 4.78 is 11.4. The van der Waals surface area contributed by atoms with E-state index in [1.807, 2.05) is 24.3 Å². The normalized spacial score (nSPS) is 10.0. The Morgan fingerprint density at radius 3 is 2.42 bits per heavy atom. The van der Waals surface area contributed by atoms with Crippen molar-refractivity contribution in [2.75, 3.05) is 12.8 Å². The van der Waals surface area contributed by atoms with Crippen molar-refractivity contribution >= 4 is 34.2 Å². The monoisotopic (exact) mass is 369 g/mol. The average Bonchev–Trinajstić information content (AvgIpc) is 2.42. The van der Waals surface area contributed by atoms with E-state index in [0.717, 1.165) is 3.57 Å². The van der Waals surface area contributed by atoms with Crippen LogP contribution in [0, 0.1) is 3.57 Å². The van der Waals surface area contributed by atoms with Crippen LogP contribution in [0.15, 0.2) is 42.5 Å². The molecule has 5 heteroatoms. The molecule has 19 heavy (non-hydrogen) atoms. The number of hydrogen-bond donors (Lipinski definition) is 1. The molecule has 2 N–H and O–H groups in total. The van der Waals surface area contributed by atoms with Gasteiger partial charge in [-0.3, -0.25) is 0 Å². The molecule has 0 amide bonds. The number of hydrogen-bond acceptors (Lipinski definition) is 4. The molecule has 0 radical (unpaired) electrons. The average molecular weight is 369 g/mol. The van der Waals surface area contributed by atoms with Gasteiger partial charge in [0.15, 0.2) is 0 Å². The van der Waals surface area contributed by atoms with Gasteiger partial charge in [-0.2, -0.15) is 0 Å². The molecular weight excluding hydrogens is 357 g/mol. The number of benzene rings is 2. The van der Waals surface area contributed by atoms with Gasteiger partial charge in [0, 0.05) is 3.57 Å². The fourth-order valence-electron chi connectivity index (χ4n) is 1.52. The summed E-state index contributed by atoms with van der Waals surface area (Å²) >= 11 is 2.22. The zero-order chi connectivity index (χ0) is 13.8. The maximum Gasteiger partial charge on any atom is 0.337 e. The van der Waals surface area contributed by atoms with Gasteiger partial charge in [-0.15, -0.1) is 0 Å². The molecule has 0 atom stereocenters. The zero-order valence-corrected chi connectivity index (χ0v) is 12.4. The maximum absolute atomic E-state index is 11.4. The Morgan fingerprint density at radius 2 is 1.84 bits per heavy atom. The topological polar surface area (TPSA) is 61.5 Å². The van der Waals surface area contributed by atoms with Crippen molar-refractivity contribution in [2.45, 2.75) is 0 Å². The lowest BCUT2D eigenvalue weighted by Crippen LogP contribution is -2.02. The van der Waals surface area contributed by atoms with Gasteiger partial charge >= 0.3 is 5.97 Å². The highest BCUT2D eigenvalue weighted by molar-refractivity contribution is 14.1. The number of nitrogen functional groups attached to an aromatic ring is 1. The quantitative estimate of drug-likeness (QED) is 0.512. The first-order valence-corrected chi connectivity index (χ1v) is 6.59. The first-order valence-electron chi connectivity index (χ1n) is 5.51. The summed E-state index contributed by atoms with van der Waals surface area (Å²) in [5.74, 6) is 0.777. The van der Waals surface area contributed by atoms with E-state index < -0.39 is 5.97 Å². The van der Waals surface area contributed by atoms with E-state index in [1.165, 1.54) is 13.2 Å². The molecule has 2 aromatic rings. The van der Waals surface area contributed by atoms with E-state index in [0.29, 0.717) is 22.7 Å². The van der Waals surface area contributed by atoms with E-state index in [9.17, 15) is 4.79 Å². The molecule has 0 heterocycles. The third kappa shape index (κ3) is 3.37. The summed E-state index contributed by atoms with van der Waals surface area (Å²) in [6.07, 6.45) is 0. The molecule has 0 aromatic heterocycles. The summed E-state index contributed by atoms with van der Waals surface area (Å²) in [7, 11) is 1.33. The Kier molecular flexibility index (Phi) is 4.26. The second-order valence-corrected chi connectivity index (χ2v) is 5.05. The van der Waals surface area contributed by atoms with Crippen molar-refractivity contribution in [3.05, 3.63) is 51.6 Å². The molecule has 0 aliphatic heterocycles. The lowest BCUT2D eigenvalue weighted by atomic mass is 10.2. The number of ether oxygens (including phenoxy) is 2. The number of rotatable bonds is 3. The Labute approximate surface area is 124 Å². The van der Waals surface area contributed by atoms with E-state index in [-0.39, 0.29) is 0 Å². The lowest BCUT2D eigenvalue weighted by Gasteiger charge is -2.09. The van der Waals surface area contributed by atoms with Crippen LogP contribution in [-0.2, 0) is 4.74 Å². The molecule has 0 saturated heterocycles. The van der Waals surface area contributed by atoms with E-state index in [1.54, 1.807) is 12.1 Å². The van der Waals surface area contributed by atoms with Crippen molar-refractivity contribution in [3.8, 4) is 11.5 Å². The molecule has 0 unspecified atom stereocenters. The third-order valence-corrected chi connectivity index (χ3v) is 3.19. The maximum atomic E-state index is 11.4. The minimum Gasteiger partial charge on any atom is -0.465 e. The Bertz CT molecular complexity index is 596. The molecule has 0 aliphatic carbocycles. The molecule has 4 nitrogen and oxygen atoms in total. The summed E-state index contributed by atoms with van der Waals surface area (Å²) in [5.41, 5.74) is 6.65. The van der Waals surface area contributed by atoms with Gasteiger partial charge < -0.3 is 15.2 Å². The predicted octanol–water partition coefficient (Wildman–Crippen LogP) is 3.45. The number of methoxy groups -OCH3 is 1. The molecule has 0 saturated carbocycles. The Hall–Kier alpha value is -1.76. The van der Waals surface area contributed by atoms with Crippen LogP contribution in [0.4, 0.5) is 5.69 Å². The van der Waals surface area contributed by atoms with Gasteiger partial charge in [0.25, 0.3) is 0 Å². The van der Waals surface area contributed by atoms with Gasteiger partial charge in [-0.1, -0.05) is 0 Å². The van der Waals surface area contributed by atoms with Crippen LogP contribution in [0.2, 0.25) is 0 Å². The number of carbonyl (C=O) groups is 1. The molecule has 0 spiro atoms. The highest BCUT2D eigenvalue weighted by Gasteiger charge is 2.09. The van der Waals surface area contributed by atoms with Gasteiger partial charge in [-0.05, 0) is 65.1 Å². The Morgan fingerprint density at radius 1 is 1.16 bits per heavy atom. The summed E-state index contributed by atoms with van der Waals surface area (Å²) in [6, 6.07) is 12.4. The van der Waals surface area contributed by atoms with Crippen molar-refractivity contribution in [1.82, 2.24) is 0 Å². The standard InChI is InChI=1S/C14H12INO3/c1-18-14(17)9-2-7-13(12(16)8-9)19-11-5-3-10(15)4-6-11/h2-8H,16H2,1H3. The lowest BCUT2D eigenvalue weighted by molar-refractivity contribution is 0.0601. The van der Waals surface area contributed by atoms with Crippen LogP contribution in [0.1, 0.15) is 10.4 Å². The smallest absolute Gasteiger partial charge is 0.337 e. The van der Waals surface area contributed by atoms with Gasteiger partial charge in [0.05, 0.1) is 18.4 Å². The minimum atomic E-state index is -0.424. The molecule has 2 rings (SSSR count). The zero-order valence-electron chi connectivity index (χ0n) is 10.2. The fraction of sp³-hybridized carbons (Fsp3) is 0.0714. The molecule has 0 bridgehead atoms. The highest BCUT2D eigenvalue weighted by atomic mass is 127. The Balaban J connectivity index is 2.22. The van der Waals surface area contributed by atoms with Crippen molar-refractivity contribution in [3.63, 3.8) is 0 Å². The van der Waals surface area contributed by atoms with Crippen LogP contribution in [0.3, 0.4) is 0 Å². The minimum absolute atomic E-state index is 0.390. The number of esters is 1. The number of halogens is 1. The molecular formula is C14H12INO3. The molecule has 0 fully saturated rings. The van der Waals surface area contributed by atoms with E-state index >= 15 is 0 Å². The first kappa shape index (κ1) is 13.7. The summed E-state index contributed by atoms with van der Waals surface area (Å²) in [6.45, 7) is 0. The van der Waals surface area contributed by atoms with Crippen molar-refractivity contribution < 1.29 is 14.3 Å². The van der Waals surface area contributed by atoms with E-state index in [2.05, 4.69) is 27.3 Å². The molecule has 2 aromatic carbocycles. The second-order valence-electron chi connectivity index (χ2n) is 3.80. The van der Waals surface area contributed by atoms with Gasteiger partial charge in [0.1, 0.15) is 11.5 Å². The SMILES string of the molecule is COC(=O)c1ccc(Oc2ccc(I)cc2)c(N)c1. The van der Waals surface area contributed by atoms with E-state index in [4.69, 9.17) is 10.5 Å². The number of nitrogens with two attached hydrogens (primary N) is 1. The van der Waals surface area contributed by atoms with Gasteiger partial charge in [0.2, 0.25) is 0 Å². The van der Waals surface area contributed by atoms with Crippen molar-refractivity contribution in [1.29, 1.82) is 0 Å². The largest absolute Gasteiger partial charge is 0.465 e. The second kappa shape index (κ2) is 5.92. The summed E-state index contributed by atoms with van der Waals surface area (Å²) in [5, 5.41) is 0. The molecule has 98 valence electrons. The van der Waals surface area contributed by atoms with Crippen LogP contribution >= 0.6 is 22.6 Å². The fourth-order valence-corrected chi connectivity index (χ4v) is 1.88. The number of carbonyl (C=O) groups excluding carboxylic acids is 1. The molecule has 0 aliphatic rings.